The molecule has 0 radical (unpaired) electrons. The average molecular weight is 536 g/mol. The van der Waals surface area contributed by atoms with Gasteiger partial charge in [-0.05, 0) is 50.8 Å². The van der Waals surface area contributed by atoms with Gasteiger partial charge in [0.1, 0.15) is 6.04 Å². The van der Waals surface area contributed by atoms with Gasteiger partial charge in [0.2, 0.25) is 21.8 Å². The van der Waals surface area contributed by atoms with Crippen LogP contribution in [0.25, 0.3) is 0 Å². The number of amides is 2. The van der Waals surface area contributed by atoms with Crippen LogP contribution in [0.5, 0.6) is 0 Å². The predicted molar refractivity (Wildman–Crippen MR) is 138 cm³/mol. The Labute approximate surface area is 215 Å². The zero-order valence-corrected chi connectivity index (χ0v) is 21.8. The standard InChI is InChI=1S/C24H30ClN5O5S/c1-4-5-6-9-22(31)26-12-7-8-13-28-36(34,35)21-15-20(11-10-17(21)2)29-24(33)18(3)30-23(32)14-19(25)16-27-30/h1,10-11,14-16,18,28H,5-9,12-13H2,2-3H3,(H,26,31)(H,29,33)/t18-/m0/s1. The minimum absolute atomic E-state index is 0.0246. The molecule has 1 atom stereocenters. The molecule has 0 aliphatic rings. The van der Waals surface area contributed by atoms with E-state index in [0.717, 1.165) is 10.7 Å². The molecule has 2 aromatic rings. The first-order valence-corrected chi connectivity index (χ1v) is 13.3. The van der Waals surface area contributed by atoms with E-state index in [0.29, 0.717) is 44.2 Å². The number of unbranched alkanes of at least 4 members (excludes halogenated alkanes) is 2. The number of aryl methyl sites for hydroxylation is 1. The monoisotopic (exact) mass is 535 g/mol. The maximum atomic E-state index is 12.8. The van der Waals surface area contributed by atoms with Crippen LogP contribution in [0.4, 0.5) is 5.69 Å². The molecular formula is C24H30ClN5O5S. The maximum absolute atomic E-state index is 12.8. The molecule has 0 fully saturated rings. The van der Waals surface area contributed by atoms with Gasteiger partial charge >= 0.3 is 0 Å². The second kappa shape index (κ2) is 13.8. The van der Waals surface area contributed by atoms with E-state index in [9.17, 15) is 22.8 Å². The summed E-state index contributed by atoms with van der Waals surface area (Å²) in [6, 6.07) is 4.71. The molecule has 1 heterocycles. The van der Waals surface area contributed by atoms with Gasteiger partial charge in [-0.3, -0.25) is 14.4 Å². The van der Waals surface area contributed by atoms with Crippen molar-refractivity contribution in [1.82, 2.24) is 19.8 Å². The number of sulfonamides is 1. The Morgan fingerprint density at radius 1 is 1.19 bits per heavy atom. The average Bonchev–Trinajstić information content (AvgIpc) is 2.82. The Morgan fingerprint density at radius 2 is 1.92 bits per heavy atom. The van der Waals surface area contributed by atoms with Crippen molar-refractivity contribution in [3.8, 4) is 12.3 Å². The Morgan fingerprint density at radius 3 is 2.61 bits per heavy atom. The number of rotatable bonds is 13. The van der Waals surface area contributed by atoms with E-state index < -0.39 is 27.5 Å². The van der Waals surface area contributed by atoms with Crippen LogP contribution in [-0.2, 0) is 19.6 Å². The van der Waals surface area contributed by atoms with E-state index in [1.54, 1.807) is 19.1 Å². The maximum Gasteiger partial charge on any atom is 0.268 e. The van der Waals surface area contributed by atoms with Gasteiger partial charge in [0.25, 0.3) is 5.56 Å². The van der Waals surface area contributed by atoms with Crippen molar-refractivity contribution in [2.45, 2.75) is 56.9 Å². The summed E-state index contributed by atoms with van der Waals surface area (Å²) in [6.07, 6.45) is 9.10. The Balaban J connectivity index is 1.92. The third-order valence-electron chi connectivity index (χ3n) is 5.23. The van der Waals surface area contributed by atoms with Crippen LogP contribution < -0.4 is 20.9 Å². The number of nitrogens with zero attached hydrogens (tertiary/aromatic N) is 2. The van der Waals surface area contributed by atoms with Crippen molar-refractivity contribution >= 4 is 39.1 Å². The molecule has 0 bridgehead atoms. The van der Waals surface area contributed by atoms with Crippen LogP contribution in [0.2, 0.25) is 5.02 Å². The lowest BCUT2D eigenvalue weighted by molar-refractivity contribution is -0.121. The van der Waals surface area contributed by atoms with Crippen LogP contribution in [0.1, 0.15) is 50.6 Å². The van der Waals surface area contributed by atoms with Crippen molar-refractivity contribution in [2.75, 3.05) is 18.4 Å². The van der Waals surface area contributed by atoms with Crippen LogP contribution in [0.3, 0.4) is 0 Å². The quantitative estimate of drug-likeness (QED) is 0.266. The fourth-order valence-electron chi connectivity index (χ4n) is 3.21. The number of terminal acetylenes is 1. The molecule has 2 rings (SSSR count). The van der Waals surface area contributed by atoms with Crippen molar-refractivity contribution in [3.05, 3.63) is 51.4 Å². The SMILES string of the molecule is C#CCCCC(=O)NCCCCNS(=O)(=O)c1cc(NC(=O)[C@H](C)n2ncc(Cl)cc2=O)ccc1C. The molecule has 1 aromatic heterocycles. The third kappa shape index (κ3) is 8.78. The first-order valence-electron chi connectivity index (χ1n) is 11.4. The smallest absolute Gasteiger partial charge is 0.268 e. The van der Waals surface area contributed by atoms with Crippen molar-refractivity contribution in [1.29, 1.82) is 0 Å². The summed E-state index contributed by atoms with van der Waals surface area (Å²) in [7, 11) is -3.84. The molecule has 0 saturated carbocycles. The highest BCUT2D eigenvalue weighted by Crippen LogP contribution is 2.21. The fourth-order valence-corrected chi connectivity index (χ4v) is 4.69. The lowest BCUT2D eigenvalue weighted by Crippen LogP contribution is -2.33. The molecular weight excluding hydrogens is 506 g/mol. The van der Waals surface area contributed by atoms with Gasteiger partial charge in [-0.25, -0.2) is 17.8 Å². The molecule has 3 N–H and O–H groups in total. The molecule has 10 nitrogen and oxygen atoms in total. The van der Waals surface area contributed by atoms with Gasteiger partial charge in [-0.2, -0.15) is 5.10 Å². The number of carbonyl (C=O) groups excluding carboxylic acids is 2. The lowest BCUT2D eigenvalue weighted by atomic mass is 10.2. The molecule has 1 aromatic carbocycles. The molecule has 0 unspecified atom stereocenters. The molecule has 2 amide bonds. The summed E-state index contributed by atoms with van der Waals surface area (Å²) >= 11 is 5.74. The Hall–Kier alpha value is -3.20. The normalized spacial score (nSPS) is 11.9. The summed E-state index contributed by atoms with van der Waals surface area (Å²) in [5, 5.41) is 9.42. The zero-order valence-electron chi connectivity index (χ0n) is 20.2. The molecule has 12 heteroatoms. The summed E-state index contributed by atoms with van der Waals surface area (Å²) < 4.78 is 29.2. The summed E-state index contributed by atoms with van der Waals surface area (Å²) in [4.78, 5) is 36.4. The molecule has 194 valence electrons. The van der Waals surface area contributed by atoms with Crippen molar-refractivity contribution in [2.24, 2.45) is 0 Å². The number of hydrogen-bond acceptors (Lipinski definition) is 6. The van der Waals surface area contributed by atoms with Gasteiger partial charge in [-0.15, -0.1) is 12.3 Å². The van der Waals surface area contributed by atoms with Gasteiger partial charge in [0.05, 0.1) is 16.1 Å². The number of aromatic nitrogens is 2. The first kappa shape index (κ1) is 29.0. The van der Waals surface area contributed by atoms with E-state index in [1.807, 2.05) is 0 Å². The van der Waals surface area contributed by atoms with E-state index in [4.69, 9.17) is 18.0 Å². The van der Waals surface area contributed by atoms with E-state index in [1.165, 1.54) is 19.2 Å². The summed E-state index contributed by atoms with van der Waals surface area (Å²) in [5.74, 6) is 1.86. The topological polar surface area (TPSA) is 139 Å². The molecule has 0 saturated heterocycles. The van der Waals surface area contributed by atoms with Gasteiger partial charge in [0.15, 0.2) is 0 Å². The third-order valence-corrected chi connectivity index (χ3v) is 7.04. The minimum atomic E-state index is -3.84. The Kier molecular flexibility index (Phi) is 11.1. The Bertz CT molecular complexity index is 1290. The molecule has 0 spiro atoms. The highest BCUT2D eigenvalue weighted by Gasteiger charge is 2.20. The second-order valence-electron chi connectivity index (χ2n) is 8.11. The zero-order chi connectivity index (χ0) is 26.7. The first-order chi connectivity index (χ1) is 17.0. The van der Waals surface area contributed by atoms with E-state index in [2.05, 4.69) is 26.4 Å². The molecule has 36 heavy (non-hydrogen) atoms. The number of nitrogens with one attached hydrogen (secondary N) is 3. The van der Waals surface area contributed by atoms with E-state index in [-0.39, 0.29) is 28.1 Å². The van der Waals surface area contributed by atoms with Gasteiger partial charge < -0.3 is 10.6 Å². The second-order valence-corrected chi connectivity index (χ2v) is 10.3. The molecule has 0 aliphatic heterocycles. The lowest BCUT2D eigenvalue weighted by Gasteiger charge is -2.15. The fraction of sp³-hybridized carbons (Fsp3) is 0.417. The predicted octanol–water partition coefficient (Wildman–Crippen LogP) is 2.38. The highest BCUT2D eigenvalue weighted by molar-refractivity contribution is 7.89. The van der Waals surface area contributed by atoms with Crippen molar-refractivity contribution in [3.63, 3.8) is 0 Å². The largest absolute Gasteiger partial charge is 0.356 e. The van der Waals surface area contributed by atoms with Crippen LogP contribution in [0.15, 0.2) is 40.2 Å². The van der Waals surface area contributed by atoms with E-state index >= 15 is 0 Å². The highest BCUT2D eigenvalue weighted by atomic mass is 35.5. The number of halogens is 1. The number of anilines is 1. The van der Waals surface area contributed by atoms with Crippen LogP contribution in [0, 0.1) is 19.3 Å². The molecule has 0 aliphatic carbocycles. The number of hydrogen-bond donors (Lipinski definition) is 3. The van der Waals surface area contributed by atoms with Gasteiger partial charge in [-0.1, -0.05) is 17.7 Å². The minimum Gasteiger partial charge on any atom is -0.356 e. The number of carbonyl (C=O) groups is 2. The van der Waals surface area contributed by atoms with Crippen LogP contribution in [-0.4, -0.2) is 43.1 Å². The summed E-state index contributed by atoms with van der Waals surface area (Å²) in [5.41, 5.74) is 0.223. The number of benzene rings is 1. The van der Waals surface area contributed by atoms with Gasteiger partial charge in [0, 0.05) is 37.7 Å². The summed E-state index contributed by atoms with van der Waals surface area (Å²) in [6.45, 7) is 3.77. The van der Waals surface area contributed by atoms with Crippen molar-refractivity contribution < 1.29 is 18.0 Å². The van der Waals surface area contributed by atoms with Crippen LogP contribution >= 0.6 is 11.6 Å².